The number of hydrogen-bond acceptors (Lipinski definition) is 2. The van der Waals surface area contributed by atoms with Crippen LogP contribution in [0.5, 0.6) is 0 Å². The molecule has 2 nitrogen and oxygen atoms in total. The summed E-state index contributed by atoms with van der Waals surface area (Å²) in [6, 6.07) is 0. The Bertz CT molecular complexity index is 216. The van der Waals surface area contributed by atoms with Crippen LogP contribution in [0.4, 0.5) is 0 Å². The quantitative estimate of drug-likeness (QED) is 0.346. The van der Waals surface area contributed by atoms with Gasteiger partial charge in [-0.2, -0.15) is 0 Å². The molecule has 126 valence electrons. The van der Waals surface area contributed by atoms with Crippen molar-refractivity contribution in [2.45, 2.75) is 110 Å². The number of carbonyl (C=O) groups is 1. The third kappa shape index (κ3) is 17.6. The Morgan fingerprint density at radius 3 is 1.43 bits per heavy atom. The van der Waals surface area contributed by atoms with Gasteiger partial charge in [0.05, 0.1) is 0 Å². The molecular formula is C19H39NO. The van der Waals surface area contributed by atoms with E-state index < -0.39 is 0 Å². The van der Waals surface area contributed by atoms with Crippen molar-refractivity contribution < 1.29 is 4.79 Å². The summed E-state index contributed by atoms with van der Waals surface area (Å²) in [6.45, 7) is 2.92. The molecule has 0 spiro atoms. The van der Waals surface area contributed by atoms with E-state index in [-0.39, 0.29) is 0 Å². The normalized spacial score (nSPS) is 11.0. The zero-order valence-corrected chi connectivity index (χ0v) is 14.5. The van der Waals surface area contributed by atoms with Crippen molar-refractivity contribution >= 4 is 5.78 Å². The van der Waals surface area contributed by atoms with Crippen molar-refractivity contribution in [3.63, 3.8) is 0 Å². The molecule has 0 aliphatic rings. The van der Waals surface area contributed by atoms with Crippen LogP contribution in [0.2, 0.25) is 0 Å². The largest absolute Gasteiger partial charge is 0.330 e. The molecule has 2 heteroatoms. The monoisotopic (exact) mass is 297 g/mol. The number of nitrogens with two attached hydrogens (primary N) is 1. The van der Waals surface area contributed by atoms with Crippen molar-refractivity contribution in [1.29, 1.82) is 0 Å². The fourth-order valence-corrected chi connectivity index (χ4v) is 2.76. The van der Waals surface area contributed by atoms with Gasteiger partial charge in [0.1, 0.15) is 5.78 Å². The summed E-state index contributed by atoms with van der Waals surface area (Å²) in [5.74, 6) is 0.406. The van der Waals surface area contributed by atoms with Crippen molar-refractivity contribution in [2.75, 3.05) is 6.54 Å². The average molecular weight is 298 g/mol. The Kier molecular flexibility index (Phi) is 17.4. The predicted octanol–water partition coefficient (Wildman–Crippen LogP) is 5.78. The number of unbranched alkanes of at least 4 members (excludes halogenated alkanes) is 12. The first kappa shape index (κ1) is 20.6. The Balaban J connectivity index is 3.04. The van der Waals surface area contributed by atoms with E-state index in [1.54, 1.807) is 0 Å². The van der Waals surface area contributed by atoms with Crippen molar-refractivity contribution in [3.8, 4) is 0 Å². The summed E-state index contributed by atoms with van der Waals surface area (Å²) in [5, 5.41) is 0. The van der Waals surface area contributed by atoms with Crippen LogP contribution in [0.15, 0.2) is 0 Å². The van der Waals surface area contributed by atoms with Crippen molar-refractivity contribution in [1.82, 2.24) is 0 Å². The van der Waals surface area contributed by atoms with Gasteiger partial charge in [-0.3, -0.25) is 4.79 Å². The maximum Gasteiger partial charge on any atom is 0.132 e. The first-order valence-electron chi connectivity index (χ1n) is 9.53. The van der Waals surface area contributed by atoms with Crippen LogP contribution in [0.25, 0.3) is 0 Å². The molecule has 0 aliphatic heterocycles. The predicted molar refractivity (Wildman–Crippen MR) is 93.6 cm³/mol. The van der Waals surface area contributed by atoms with Gasteiger partial charge >= 0.3 is 0 Å². The molecular weight excluding hydrogens is 258 g/mol. The number of Topliss-reactive ketones (excluding diaryl/α,β-unsaturated/α-hetero) is 1. The van der Waals surface area contributed by atoms with Crippen LogP contribution in [-0.4, -0.2) is 12.3 Å². The fraction of sp³-hybridized carbons (Fsp3) is 0.947. The van der Waals surface area contributed by atoms with Gasteiger partial charge in [-0.1, -0.05) is 84.0 Å². The third-order valence-electron chi connectivity index (χ3n) is 4.22. The standard InChI is InChI=1S/C19H39NO/c1-2-3-4-5-6-7-8-9-10-11-12-13-14-16-19(21)17-15-18-20/h2-18,20H2,1H3. The molecule has 0 aromatic rings. The Hall–Kier alpha value is -0.370. The molecule has 21 heavy (non-hydrogen) atoms. The lowest BCUT2D eigenvalue weighted by Gasteiger charge is -2.03. The lowest BCUT2D eigenvalue weighted by molar-refractivity contribution is -0.119. The van der Waals surface area contributed by atoms with Crippen molar-refractivity contribution in [3.05, 3.63) is 0 Å². The van der Waals surface area contributed by atoms with E-state index in [4.69, 9.17) is 5.73 Å². The lowest BCUT2D eigenvalue weighted by atomic mass is 10.0. The maximum atomic E-state index is 11.4. The minimum atomic E-state index is 0.406. The topological polar surface area (TPSA) is 43.1 Å². The molecule has 0 amide bonds. The molecule has 0 atom stereocenters. The summed E-state index contributed by atoms with van der Waals surface area (Å²) in [6.07, 6.45) is 20.0. The van der Waals surface area contributed by atoms with Gasteiger partial charge in [0.2, 0.25) is 0 Å². The number of rotatable bonds is 17. The zero-order valence-electron chi connectivity index (χ0n) is 14.5. The Morgan fingerprint density at radius 1 is 0.619 bits per heavy atom. The smallest absolute Gasteiger partial charge is 0.132 e. The summed E-state index contributed by atoms with van der Waals surface area (Å²) in [5.41, 5.74) is 5.40. The van der Waals surface area contributed by atoms with E-state index in [0.717, 1.165) is 19.3 Å². The van der Waals surface area contributed by atoms with E-state index in [2.05, 4.69) is 6.92 Å². The van der Waals surface area contributed by atoms with E-state index in [1.165, 1.54) is 77.0 Å². The molecule has 0 saturated carbocycles. The summed E-state index contributed by atoms with van der Waals surface area (Å²) >= 11 is 0. The molecule has 0 saturated heterocycles. The first-order chi connectivity index (χ1) is 10.3. The van der Waals surface area contributed by atoms with Crippen LogP contribution >= 0.6 is 0 Å². The molecule has 0 aromatic carbocycles. The molecule has 0 bridgehead atoms. The van der Waals surface area contributed by atoms with Gasteiger partial charge in [0.15, 0.2) is 0 Å². The van der Waals surface area contributed by atoms with Crippen molar-refractivity contribution in [2.24, 2.45) is 5.73 Å². The zero-order chi connectivity index (χ0) is 15.6. The minimum absolute atomic E-state index is 0.406. The van der Waals surface area contributed by atoms with Gasteiger partial charge in [-0.15, -0.1) is 0 Å². The van der Waals surface area contributed by atoms with Crippen LogP contribution in [0, 0.1) is 0 Å². The number of carbonyl (C=O) groups excluding carboxylic acids is 1. The SMILES string of the molecule is CCCCCCCCCCCCCCCC(=O)CCCN. The highest BCUT2D eigenvalue weighted by molar-refractivity contribution is 5.78. The fourth-order valence-electron chi connectivity index (χ4n) is 2.76. The van der Waals surface area contributed by atoms with E-state index in [0.29, 0.717) is 18.7 Å². The van der Waals surface area contributed by atoms with Crippen LogP contribution in [0.1, 0.15) is 110 Å². The van der Waals surface area contributed by atoms with Gasteiger partial charge in [-0.25, -0.2) is 0 Å². The molecule has 0 rings (SSSR count). The van der Waals surface area contributed by atoms with Gasteiger partial charge in [-0.05, 0) is 19.4 Å². The Labute approximate surface area is 133 Å². The van der Waals surface area contributed by atoms with Crippen LogP contribution in [-0.2, 0) is 4.79 Å². The highest BCUT2D eigenvalue weighted by Crippen LogP contribution is 2.13. The molecule has 0 fully saturated rings. The summed E-state index contributed by atoms with van der Waals surface area (Å²) in [4.78, 5) is 11.4. The number of hydrogen-bond donors (Lipinski definition) is 1. The third-order valence-corrected chi connectivity index (χ3v) is 4.22. The summed E-state index contributed by atoms with van der Waals surface area (Å²) < 4.78 is 0. The highest BCUT2D eigenvalue weighted by Gasteiger charge is 2.00. The van der Waals surface area contributed by atoms with Gasteiger partial charge < -0.3 is 5.73 Å². The van der Waals surface area contributed by atoms with Crippen LogP contribution < -0.4 is 5.73 Å². The molecule has 0 radical (unpaired) electrons. The van der Waals surface area contributed by atoms with E-state index >= 15 is 0 Å². The lowest BCUT2D eigenvalue weighted by Crippen LogP contribution is -2.04. The van der Waals surface area contributed by atoms with Crippen LogP contribution in [0.3, 0.4) is 0 Å². The molecule has 0 aromatic heterocycles. The van der Waals surface area contributed by atoms with Gasteiger partial charge in [0.25, 0.3) is 0 Å². The average Bonchev–Trinajstić information content (AvgIpc) is 2.49. The molecule has 0 aliphatic carbocycles. The second-order valence-corrected chi connectivity index (χ2v) is 6.42. The second-order valence-electron chi connectivity index (χ2n) is 6.42. The minimum Gasteiger partial charge on any atom is -0.330 e. The Morgan fingerprint density at radius 2 is 1.00 bits per heavy atom. The second kappa shape index (κ2) is 17.7. The molecule has 2 N–H and O–H groups in total. The first-order valence-corrected chi connectivity index (χ1v) is 9.53. The highest BCUT2D eigenvalue weighted by atomic mass is 16.1. The molecule has 0 heterocycles. The maximum absolute atomic E-state index is 11.4. The number of ketones is 1. The molecule has 0 unspecified atom stereocenters. The summed E-state index contributed by atoms with van der Waals surface area (Å²) in [7, 11) is 0. The van der Waals surface area contributed by atoms with Gasteiger partial charge in [0, 0.05) is 12.8 Å². The van der Waals surface area contributed by atoms with E-state index in [9.17, 15) is 4.79 Å². The van der Waals surface area contributed by atoms with E-state index in [1.807, 2.05) is 0 Å².